The van der Waals surface area contributed by atoms with Crippen molar-refractivity contribution in [1.29, 1.82) is 0 Å². The Morgan fingerprint density at radius 1 is 0.895 bits per heavy atom. The Morgan fingerprint density at radius 3 is 2.34 bits per heavy atom. The van der Waals surface area contributed by atoms with Crippen molar-refractivity contribution < 1.29 is 23.9 Å². The van der Waals surface area contributed by atoms with E-state index in [9.17, 15) is 19.2 Å². The number of hydrogen-bond acceptors (Lipinski definition) is 5. The van der Waals surface area contributed by atoms with Gasteiger partial charge in [0.05, 0.1) is 23.1 Å². The molecule has 7 nitrogen and oxygen atoms in total. The van der Waals surface area contributed by atoms with Crippen LogP contribution >= 0.6 is 0 Å². The second-order valence-electron chi connectivity index (χ2n) is 10.1. The van der Waals surface area contributed by atoms with Gasteiger partial charge in [-0.1, -0.05) is 42.5 Å². The van der Waals surface area contributed by atoms with Crippen LogP contribution in [0, 0.1) is 25.7 Å². The van der Waals surface area contributed by atoms with Crippen molar-refractivity contribution in [2.24, 2.45) is 11.8 Å². The normalized spacial score (nSPS) is 20.7. The number of aryl methyl sites for hydroxylation is 2. The van der Waals surface area contributed by atoms with Crippen molar-refractivity contribution in [3.05, 3.63) is 95.1 Å². The lowest BCUT2D eigenvalue weighted by Crippen LogP contribution is -2.30. The zero-order valence-electron chi connectivity index (χ0n) is 21.5. The maximum absolute atomic E-state index is 13.3. The maximum Gasteiger partial charge on any atom is 0.338 e. The van der Waals surface area contributed by atoms with Gasteiger partial charge in [0.2, 0.25) is 11.8 Å². The van der Waals surface area contributed by atoms with Crippen molar-refractivity contribution in [2.75, 3.05) is 16.8 Å². The summed E-state index contributed by atoms with van der Waals surface area (Å²) >= 11 is 0. The van der Waals surface area contributed by atoms with Gasteiger partial charge in [-0.15, -0.1) is 0 Å². The fraction of sp³-hybridized carbons (Fsp3) is 0.290. The van der Waals surface area contributed by atoms with Gasteiger partial charge in [0, 0.05) is 5.69 Å². The molecule has 5 rings (SSSR count). The first-order valence-electron chi connectivity index (χ1n) is 12.9. The molecule has 0 unspecified atom stereocenters. The van der Waals surface area contributed by atoms with Crippen LogP contribution in [-0.2, 0) is 19.1 Å². The summed E-state index contributed by atoms with van der Waals surface area (Å²) in [5.74, 6) is -1.83. The molecule has 2 fully saturated rings. The molecule has 3 amide bonds. The second-order valence-corrected chi connectivity index (χ2v) is 10.1. The van der Waals surface area contributed by atoms with E-state index in [4.69, 9.17) is 4.74 Å². The average molecular weight is 511 g/mol. The first kappa shape index (κ1) is 25.4. The van der Waals surface area contributed by atoms with E-state index in [0.717, 1.165) is 17.5 Å². The van der Waals surface area contributed by atoms with E-state index >= 15 is 0 Å². The number of ether oxygens (including phenoxy) is 1. The van der Waals surface area contributed by atoms with Crippen molar-refractivity contribution in [3.8, 4) is 0 Å². The minimum absolute atomic E-state index is 0.176. The molecule has 194 valence electrons. The molecule has 3 aromatic rings. The van der Waals surface area contributed by atoms with E-state index in [1.807, 2.05) is 50.2 Å². The Balaban J connectivity index is 1.20. The largest absolute Gasteiger partial charge is 0.452 e. The monoisotopic (exact) mass is 510 g/mol. The lowest BCUT2D eigenvalue weighted by Gasteiger charge is -2.28. The predicted molar refractivity (Wildman–Crippen MR) is 144 cm³/mol. The molecule has 0 aromatic heterocycles. The highest BCUT2D eigenvalue weighted by molar-refractivity contribution is 6.22. The van der Waals surface area contributed by atoms with Gasteiger partial charge in [-0.05, 0) is 86.1 Å². The fourth-order valence-corrected chi connectivity index (χ4v) is 5.48. The molecule has 3 atom stereocenters. The molecule has 1 aliphatic heterocycles. The number of fused-ring (bicyclic) bond motifs is 1. The van der Waals surface area contributed by atoms with Crippen molar-refractivity contribution in [2.45, 2.75) is 39.0 Å². The van der Waals surface area contributed by atoms with E-state index in [2.05, 4.69) is 17.4 Å². The number of imide groups is 1. The van der Waals surface area contributed by atoms with E-state index < -0.39 is 18.5 Å². The third-order valence-corrected chi connectivity index (χ3v) is 7.56. The average Bonchev–Trinajstić information content (AvgIpc) is 3.19. The smallest absolute Gasteiger partial charge is 0.338 e. The number of esters is 1. The van der Waals surface area contributed by atoms with Gasteiger partial charge in [-0.2, -0.15) is 0 Å². The van der Waals surface area contributed by atoms with Crippen LogP contribution in [0.4, 0.5) is 11.4 Å². The number of rotatable bonds is 6. The maximum atomic E-state index is 13.3. The van der Waals surface area contributed by atoms with Crippen molar-refractivity contribution in [3.63, 3.8) is 0 Å². The molecule has 7 heteroatoms. The molecular weight excluding hydrogens is 480 g/mol. The predicted octanol–water partition coefficient (Wildman–Crippen LogP) is 5.17. The van der Waals surface area contributed by atoms with Crippen molar-refractivity contribution >= 4 is 35.1 Å². The third-order valence-electron chi connectivity index (χ3n) is 7.56. The van der Waals surface area contributed by atoms with E-state index in [1.165, 1.54) is 22.6 Å². The van der Waals surface area contributed by atoms with Crippen LogP contribution in [0.25, 0.3) is 0 Å². The number of nitrogens with zero attached hydrogens (tertiary/aromatic N) is 1. The van der Waals surface area contributed by atoms with E-state index in [-0.39, 0.29) is 35.1 Å². The molecule has 0 bridgehead atoms. The first-order chi connectivity index (χ1) is 18.3. The van der Waals surface area contributed by atoms with Crippen LogP contribution in [0.5, 0.6) is 0 Å². The zero-order chi connectivity index (χ0) is 26.8. The first-order valence-corrected chi connectivity index (χ1v) is 12.9. The highest BCUT2D eigenvalue weighted by Gasteiger charge is 2.50. The van der Waals surface area contributed by atoms with Crippen LogP contribution in [0.15, 0.2) is 72.8 Å². The van der Waals surface area contributed by atoms with Crippen LogP contribution < -0.4 is 10.2 Å². The molecule has 3 aromatic carbocycles. The number of anilines is 2. The number of carbonyl (C=O) groups is 4. The summed E-state index contributed by atoms with van der Waals surface area (Å²) < 4.78 is 5.17. The van der Waals surface area contributed by atoms with Crippen LogP contribution in [0.3, 0.4) is 0 Å². The van der Waals surface area contributed by atoms with Gasteiger partial charge >= 0.3 is 5.97 Å². The van der Waals surface area contributed by atoms with E-state index in [1.54, 1.807) is 12.1 Å². The second kappa shape index (κ2) is 10.6. The van der Waals surface area contributed by atoms with Gasteiger partial charge in [0.1, 0.15) is 0 Å². The van der Waals surface area contributed by atoms with Crippen LogP contribution in [0.2, 0.25) is 0 Å². The van der Waals surface area contributed by atoms with Gasteiger partial charge in [0.25, 0.3) is 5.91 Å². The Bertz CT molecular complexity index is 1380. The minimum Gasteiger partial charge on any atom is -0.452 e. The Hall–Kier alpha value is -4.26. The van der Waals surface area contributed by atoms with Crippen molar-refractivity contribution in [1.82, 2.24) is 0 Å². The fourth-order valence-electron chi connectivity index (χ4n) is 5.48. The Kier molecular flexibility index (Phi) is 7.09. The zero-order valence-corrected chi connectivity index (χ0v) is 21.5. The van der Waals surface area contributed by atoms with Gasteiger partial charge in [-0.25, -0.2) is 4.79 Å². The summed E-state index contributed by atoms with van der Waals surface area (Å²) in [4.78, 5) is 52.5. The van der Waals surface area contributed by atoms with Crippen LogP contribution in [0.1, 0.15) is 52.2 Å². The summed E-state index contributed by atoms with van der Waals surface area (Å²) in [6.07, 6.45) is 2.21. The number of carbonyl (C=O) groups excluding carboxylic acids is 4. The molecule has 1 aliphatic carbocycles. The SMILES string of the molecule is Cc1ccc(C)c(NC(=O)COC(=O)c2ccc(N3C(=O)[C@@H]4CC[C@@H](c5ccccc5)C[C@H]4C3=O)cc2)c1. The van der Waals surface area contributed by atoms with Gasteiger partial charge in [0.15, 0.2) is 6.61 Å². The molecule has 0 radical (unpaired) electrons. The number of amides is 3. The Morgan fingerprint density at radius 2 is 1.61 bits per heavy atom. The quantitative estimate of drug-likeness (QED) is 0.365. The molecule has 38 heavy (non-hydrogen) atoms. The summed E-state index contributed by atoms with van der Waals surface area (Å²) in [6.45, 7) is 3.38. The minimum atomic E-state index is -0.661. The van der Waals surface area contributed by atoms with E-state index in [0.29, 0.717) is 24.2 Å². The molecule has 0 spiro atoms. The number of benzene rings is 3. The molecule has 1 N–H and O–H groups in total. The molecular formula is C31H30N2O5. The summed E-state index contributed by atoms with van der Waals surface area (Å²) in [6, 6.07) is 22.0. The number of hydrogen-bond donors (Lipinski definition) is 1. The summed E-state index contributed by atoms with van der Waals surface area (Å²) in [5.41, 5.74) is 4.46. The van der Waals surface area contributed by atoms with Gasteiger partial charge < -0.3 is 10.1 Å². The van der Waals surface area contributed by atoms with Crippen LogP contribution in [-0.4, -0.2) is 30.3 Å². The van der Waals surface area contributed by atoms with Gasteiger partial charge in [-0.3, -0.25) is 19.3 Å². The highest BCUT2D eigenvalue weighted by atomic mass is 16.5. The molecule has 1 saturated heterocycles. The third kappa shape index (κ3) is 5.09. The lowest BCUT2D eigenvalue weighted by atomic mass is 9.73. The summed E-state index contributed by atoms with van der Waals surface area (Å²) in [5, 5.41) is 2.75. The molecule has 1 saturated carbocycles. The topological polar surface area (TPSA) is 92.8 Å². The molecule has 2 aliphatic rings. The number of nitrogens with one attached hydrogen (secondary N) is 1. The highest BCUT2D eigenvalue weighted by Crippen LogP contribution is 2.45. The Labute approximate surface area is 221 Å². The summed E-state index contributed by atoms with van der Waals surface area (Å²) in [7, 11) is 0. The standard InChI is InChI=1S/C31H30N2O5/c1-19-8-9-20(2)27(16-19)32-28(34)18-38-31(37)22-10-13-24(14-11-22)33-29(35)25-15-12-23(17-26(25)30(33)36)21-6-4-3-5-7-21/h3-11,13-14,16,23,25-26H,12,15,17-18H2,1-2H3,(H,32,34)/t23-,25-,26-/m1/s1. The molecule has 1 heterocycles. The lowest BCUT2D eigenvalue weighted by molar-refractivity contribution is -0.122.